The maximum Gasteiger partial charge on any atom is 0.265 e. The second kappa shape index (κ2) is 8.80. The van der Waals surface area contributed by atoms with Crippen LogP contribution in [0.25, 0.3) is 0 Å². The van der Waals surface area contributed by atoms with Crippen LogP contribution in [0.4, 0.5) is 5.69 Å². The molecule has 0 spiro atoms. The van der Waals surface area contributed by atoms with Crippen molar-refractivity contribution in [2.45, 2.75) is 9.79 Å². The Morgan fingerprint density at radius 2 is 1.93 bits per heavy atom. The van der Waals surface area contributed by atoms with Gasteiger partial charge in [0, 0.05) is 29.2 Å². The first-order chi connectivity index (χ1) is 13.7. The number of thiol groups is 1. The topological polar surface area (TPSA) is 103 Å². The van der Waals surface area contributed by atoms with E-state index < -0.39 is 15.9 Å². The fraction of sp³-hybridized carbons (Fsp3) is 0.176. The number of amides is 1. The lowest BCUT2D eigenvalue weighted by Crippen LogP contribution is -2.52. The van der Waals surface area contributed by atoms with Crippen LogP contribution in [-0.4, -0.2) is 45.4 Å². The number of benzene rings is 2. The highest BCUT2D eigenvalue weighted by Crippen LogP contribution is 2.28. The van der Waals surface area contributed by atoms with Gasteiger partial charge in [0.1, 0.15) is 4.90 Å². The first-order valence-electron chi connectivity index (χ1n) is 8.30. The summed E-state index contributed by atoms with van der Waals surface area (Å²) in [4.78, 5) is 16.6. The zero-order valence-electron chi connectivity index (χ0n) is 15.1. The number of nitrogens with one attached hydrogen (secondary N) is 3. The molecule has 0 radical (unpaired) electrons. The lowest BCUT2D eigenvalue weighted by Gasteiger charge is -2.24. The van der Waals surface area contributed by atoms with Crippen LogP contribution in [0, 0.1) is 0 Å². The van der Waals surface area contributed by atoms with Gasteiger partial charge in [-0.2, -0.15) is 0 Å². The van der Waals surface area contributed by atoms with Gasteiger partial charge >= 0.3 is 0 Å². The second-order valence-corrected chi connectivity index (χ2v) is 9.11. The zero-order valence-corrected chi connectivity index (χ0v) is 18.3. The molecule has 1 aliphatic heterocycles. The third kappa shape index (κ3) is 5.34. The summed E-state index contributed by atoms with van der Waals surface area (Å²) in [5.74, 6) is -0.497. The predicted octanol–water partition coefficient (Wildman–Crippen LogP) is 2.62. The summed E-state index contributed by atoms with van der Waals surface area (Å²) in [5, 5.41) is 4.92. The SMILES string of the molecule is CN1CCN=C(NS(=O)(=O)c2cc(C(=O)Nc3ccc(Cl)cc3)c(Cl)cc2S)N1. The molecule has 0 atom stereocenters. The van der Waals surface area contributed by atoms with Crippen LogP contribution in [0.3, 0.4) is 0 Å². The molecule has 1 amide bonds. The minimum Gasteiger partial charge on any atom is -0.322 e. The molecule has 0 fully saturated rings. The molecule has 1 aliphatic rings. The lowest BCUT2D eigenvalue weighted by molar-refractivity contribution is 0.102. The normalized spacial score (nSPS) is 14.7. The fourth-order valence-corrected chi connectivity index (χ4v) is 4.57. The van der Waals surface area contributed by atoms with E-state index >= 15 is 0 Å². The number of aliphatic imine (C=N–C) groups is 1. The summed E-state index contributed by atoms with van der Waals surface area (Å²) in [6.07, 6.45) is 0. The summed E-state index contributed by atoms with van der Waals surface area (Å²) < 4.78 is 28.0. The molecule has 2 aromatic rings. The number of hydrogen-bond donors (Lipinski definition) is 4. The summed E-state index contributed by atoms with van der Waals surface area (Å²) >= 11 is 16.2. The van der Waals surface area contributed by atoms with E-state index in [0.717, 1.165) is 0 Å². The van der Waals surface area contributed by atoms with E-state index in [-0.39, 0.29) is 26.3 Å². The highest BCUT2D eigenvalue weighted by atomic mass is 35.5. The molecule has 2 aromatic carbocycles. The molecule has 0 saturated carbocycles. The number of hydrazine groups is 1. The molecule has 0 aromatic heterocycles. The Morgan fingerprint density at radius 1 is 1.24 bits per heavy atom. The molecule has 3 rings (SSSR count). The Morgan fingerprint density at radius 3 is 2.59 bits per heavy atom. The summed E-state index contributed by atoms with van der Waals surface area (Å²) in [6.45, 7) is 1.07. The smallest absolute Gasteiger partial charge is 0.265 e. The third-order valence-electron chi connectivity index (χ3n) is 3.92. The van der Waals surface area contributed by atoms with Crippen molar-refractivity contribution < 1.29 is 13.2 Å². The molecule has 3 N–H and O–H groups in total. The van der Waals surface area contributed by atoms with E-state index in [1.54, 1.807) is 36.3 Å². The van der Waals surface area contributed by atoms with Crippen LogP contribution >= 0.6 is 35.8 Å². The van der Waals surface area contributed by atoms with Gasteiger partial charge in [-0.3, -0.25) is 10.2 Å². The van der Waals surface area contributed by atoms with Crippen LogP contribution in [0.2, 0.25) is 10.0 Å². The molecule has 8 nitrogen and oxygen atoms in total. The molecule has 0 aliphatic carbocycles. The van der Waals surface area contributed by atoms with E-state index in [0.29, 0.717) is 23.8 Å². The van der Waals surface area contributed by atoms with Crippen molar-refractivity contribution in [1.29, 1.82) is 0 Å². The number of sulfonamides is 1. The lowest BCUT2D eigenvalue weighted by atomic mass is 10.2. The van der Waals surface area contributed by atoms with E-state index in [9.17, 15) is 13.2 Å². The minimum absolute atomic E-state index is 0.0181. The van der Waals surface area contributed by atoms with Crippen molar-refractivity contribution in [2.24, 2.45) is 4.99 Å². The van der Waals surface area contributed by atoms with Crippen molar-refractivity contribution >= 4 is 63.4 Å². The first kappa shape index (κ1) is 21.7. The highest BCUT2D eigenvalue weighted by molar-refractivity contribution is 7.91. The Hall–Kier alpha value is -1.98. The number of carbonyl (C=O) groups is 1. The molecule has 0 bridgehead atoms. The van der Waals surface area contributed by atoms with Crippen LogP contribution in [0.5, 0.6) is 0 Å². The number of guanidine groups is 1. The van der Waals surface area contributed by atoms with Gasteiger partial charge in [-0.15, -0.1) is 12.6 Å². The van der Waals surface area contributed by atoms with Gasteiger partial charge < -0.3 is 5.32 Å². The molecule has 0 unspecified atom stereocenters. The van der Waals surface area contributed by atoms with E-state index in [2.05, 4.69) is 33.1 Å². The average molecular weight is 474 g/mol. The summed E-state index contributed by atoms with van der Waals surface area (Å²) in [5.41, 5.74) is 3.26. The van der Waals surface area contributed by atoms with Crippen molar-refractivity contribution in [2.75, 3.05) is 25.5 Å². The average Bonchev–Trinajstić information content (AvgIpc) is 2.63. The van der Waals surface area contributed by atoms with Crippen LogP contribution in [-0.2, 0) is 10.0 Å². The van der Waals surface area contributed by atoms with Crippen LogP contribution < -0.4 is 15.5 Å². The molecule has 29 heavy (non-hydrogen) atoms. The monoisotopic (exact) mass is 473 g/mol. The van der Waals surface area contributed by atoms with Gasteiger partial charge in [-0.1, -0.05) is 23.2 Å². The summed E-state index contributed by atoms with van der Waals surface area (Å²) in [7, 11) is -2.31. The fourth-order valence-electron chi connectivity index (χ4n) is 2.48. The van der Waals surface area contributed by atoms with Gasteiger partial charge in [0.15, 0.2) is 0 Å². The first-order valence-corrected chi connectivity index (χ1v) is 11.0. The van der Waals surface area contributed by atoms with Gasteiger partial charge in [-0.05, 0) is 36.4 Å². The minimum atomic E-state index is -4.07. The molecular formula is C17H17Cl2N5O3S2. The second-order valence-electron chi connectivity index (χ2n) is 6.13. The molecular weight excluding hydrogens is 457 g/mol. The number of hydrogen-bond acceptors (Lipinski definition) is 7. The van der Waals surface area contributed by atoms with Crippen molar-refractivity contribution in [1.82, 2.24) is 15.2 Å². The highest BCUT2D eigenvalue weighted by Gasteiger charge is 2.24. The van der Waals surface area contributed by atoms with E-state index in [4.69, 9.17) is 23.2 Å². The number of nitrogens with zero attached hydrogens (tertiary/aromatic N) is 2. The Labute approximate surface area is 183 Å². The maximum absolute atomic E-state index is 12.8. The standard InChI is InChI=1S/C17H17Cl2N5O3S2/c1-24-7-6-20-17(22-24)23-29(26,27)15-8-12(13(19)9-14(15)28)16(25)21-11-4-2-10(18)3-5-11/h2-5,8-9,28H,6-7H2,1H3,(H,21,25)(H2,20,22,23). The Kier molecular flexibility index (Phi) is 6.59. The number of anilines is 1. The molecule has 0 saturated heterocycles. The number of rotatable bonds is 4. The van der Waals surface area contributed by atoms with E-state index in [1.165, 1.54) is 12.1 Å². The summed E-state index contributed by atoms with van der Waals surface area (Å²) in [6, 6.07) is 8.94. The van der Waals surface area contributed by atoms with Crippen LogP contribution in [0.1, 0.15) is 10.4 Å². The van der Waals surface area contributed by atoms with Crippen LogP contribution in [0.15, 0.2) is 51.2 Å². The van der Waals surface area contributed by atoms with Crippen molar-refractivity contribution in [3.8, 4) is 0 Å². The largest absolute Gasteiger partial charge is 0.322 e. The van der Waals surface area contributed by atoms with Gasteiger partial charge in [0.05, 0.1) is 17.1 Å². The number of carbonyl (C=O) groups excluding carboxylic acids is 1. The number of likely N-dealkylation sites (N-methyl/N-ethyl adjacent to an activating group) is 1. The predicted molar refractivity (Wildman–Crippen MR) is 116 cm³/mol. The third-order valence-corrected chi connectivity index (χ3v) is 6.38. The van der Waals surface area contributed by atoms with Crippen molar-refractivity contribution in [3.63, 3.8) is 0 Å². The quantitative estimate of drug-likeness (QED) is 0.511. The molecule has 154 valence electrons. The van der Waals surface area contributed by atoms with Crippen molar-refractivity contribution in [3.05, 3.63) is 52.0 Å². The van der Waals surface area contributed by atoms with Gasteiger partial charge in [0.2, 0.25) is 5.96 Å². The van der Waals surface area contributed by atoms with Gasteiger partial charge in [-0.25, -0.2) is 23.1 Å². The Bertz CT molecular complexity index is 1080. The molecule has 12 heteroatoms. The van der Waals surface area contributed by atoms with Gasteiger partial charge in [0.25, 0.3) is 15.9 Å². The zero-order chi connectivity index (χ0) is 21.2. The van der Waals surface area contributed by atoms with E-state index in [1.807, 2.05) is 0 Å². The molecule has 1 heterocycles. The Balaban J connectivity index is 1.89. The number of halogens is 2. The maximum atomic E-state index is 12.8.